The van der Waals surface area contributed by atoms with Crippen LogP contribution in [0.25, 0.3) is 62.2 Å². The Morgan fingerprint density at radius 2 is 0.871 bits per heavy atom. The molecule has 62 heavy (non-hydrogen) atoms. The molecule has 0 fully saturated rings. The van der Waals surface area contributed by atoms with E-state index < -0.39 is 0 Å². The third-order valence-electron chi connectivity index (χ3n) is 12.6. The zero-order chi connectivity index (χ0) is 41.0. The van der Waals surface area contributed by atoms with E-state index in [4.69, 9.17) is 0 Å². The Hall–Kier alpha value is -6.98. The van der Waals surface area contributed by atoms with Crippen LogP contribution in [0.5, 0.6) is 0 Å². The number of nitrogens with zero attached hydrogens (tertiary/aromatic N) is 2. The third-order valence-corrected chi connectivity index (χ3v) is 15.1. The molecule has 0 atom stereocenters. The van der Waals surface area contributed by atoms with Crippen molar-refractivity contribution in [2.24, 2.45) is 0 Å². The van der Waals surface area contributed by atoms with Crippen LogP contribution in [0.15, 0.2) is 223 Å². The molecule has 10 aromatic rings. The predicted octanol–water partition coefficient (Wildman–Crippen LogP) is 17.7. The van der Waals surface area contributed by atoms with Gasteiger partial charge >= 0.3 is 0 Å². The van der Waals surface area contributed by atoms with Crippen LogP contribution in [0.3, 0.4) is 0 Å². The maximum Gasteiger partial charge on any atom is 0.0540 e. The highest BCUT2D eigenvalue weighted by molar-refractivity contribution is 7.33. The number of hydrogen-bond acceptors (Lipinski definition) is 4. The molecule has 2 nitrogen and oxygen atoms in total. The van der Waals surface area contributed by atoms with Crippen LogP contribution in [0, 0.1) is 0 Å². The molecule has 296 valence electrons. The summed E-state index contributed by atoms with van der Waals surface area (Å²) in [4.78, 5) is 4.86. The summed E-state index contributed by atoms with van der Waals surface area (Å²) in [6, 6.07) is 64.5. The monoisotopic (exact) mass is 830 g/mol. The molecule has 0 amide bonds. The Kier molecular flexibility index (Phi) is 9.20. The van der Waals surface area contributed by atoms with Crippen molar-refractivity contribution < 1.29 is 0 Å². The van der Waals surface area contributed by atoms with E-state index in [0.717, 1.165) is 42.7 Å². The number of thiophene rings is 2. The molecule has 0 radical (unpaired) electrons. The van der Waals surface area contributed by atoms with E-state index in [1.807, 2.05) is 22.7 Å². The van der Waals surface area contributed by atoms with Gasteiger partial charge in [0.1, 0.15) is 0 Å². The second kappa shape index (κ2) is 15.5. The molecule has 2 heterocycles. The summed E-state index contributed by atoms with van der Waals surface area (Å²) in [5.41, 5.74) is 12.5. The standard InChI is InChI=1S/C58H42N2S2/c1-5-15-39(16-6-1)41-25-29-45(30-26-41)59(43-19-9-3-10-20-43)47-33-35-51-53(37-47)61-57-55(51)49-23-13-14-24-50(49)56-52-36-34-48(38-54(52)62-58(56)57)60(44-21-11-4-12-22-44)46-31-27-42(28-32-46)40-17-7-2-8-18-40/h1-7,9-17,19-27,29-31,33-38H,8,18,28,32H2. The summed E-state index contributed by atoms with van der Waals surface area (Å²) in [5, 5.41) is 7.99. The van der Waals surface area contributed by atoms with E-state index in [2.05, 4.69) is 216 Å². The number of fused-ring (bicyclic) bond motifs is 10. The average molecular weight is 831 g/mol. The van der Waals surface area contributed by atoms with Crippen LogP contribution in [0.4, 0.5) is 28.4 Å². The van der Waals surface area contributed by atoms with Gasteiger partial charge in [0.05, 0.1) is 9.40 Å². The van der Waals surface area contributed by atoms with Gasteiger partial charge in [-0.15, -0.1) is 22.7 Å². The Balaban J connectivity index is 0.998. The van der Waals surface area contributed by atoms with Gasteiger partial charge in [-0.1, -0.05) is 140 Å². The number of rotatable bonds is 8. The predicted molar refractivity (Wildman–Crippen MR) is 270 cm³/mol. The molecule has 0 saturated carbocycles. The van der Waals surface area contributed by atoms with Crippen LogP contribution >= 0.6 is 22.7 Å². The molecular formula is C58H42N2S2. The van der Waals surface area contributed by atoms with Crippen molar-refractivity contribution in [3.63, 3.8) is 0 Å². The van der Waals surface area contributed by atoms with Crippen molar-refractivity contribution in [2.45, 2.75) is 25.7 Å². The van der Waals surface area contributed by atoms with Gasteiger partial charge in [-0.2, -0.15) is 0 Å². The molecule has 0 unspecified atom stereocenters. The lowest BCUT2D eigenvalue weighted by Crippen LogP contribution is -2.18. The molecule has 0 aliphatic heterocycles. The highest BCUT2D eigenvalue weighted by atomic mass is 32.1. The number of hydrogen-bond donors (Lipinski definition) is 0. The van der Waals surface area contributed by atoms with Gasteiger partial charge in [-0.25, -0.2) is 0 Å². The number of allylic oxidation sites excluding steroid dienone is 8. The fourth-order valence-corrected chi connectivity index (χ4v) is 12.3. The fraction of sp³-hybridized carbons (Fsp3) is 0.0690. The topological polar surface area (TPSA) is 6.48 Å². The van der Waals surface area contributed by atoms with E-state index in [1.165, 1.54) is 90.5 Å². The third kappa shape index (κ3) is 6.38. The Morgan fingerprint density at radius 3 is 1.44 bits per heavy atom. The second-order valence-electron chi connectivity index (χ2n) is 16.3. The van der Waals surface area contributed by atoms with Crippen molar-refractivity contribution in [1.82, 2.24) is 0 Å². The molecule has 0 spiro atoms. The van der Waals surface area contributed by atoms with Crippen molar-refractivity contribution in [1.29, 1.82) is 0 Å². The maximum atomic E-state index is 2.48. The van der Waals surface area contributed by atoms with Gasteiger partial charge in [-0.3, -0.25) is 0 Å². The minimum Gasteiger partial charge on any atom is -0.314 e. The first-order valence-corrected chi connectivity index (χ1v) is 23.2. The molecule has 12 rings (SSSR count). The minimum absolute atomic E-state index is 1.00. The SMILES string of the molecule is C1=CCCC(C2=CC=C(N(c3ccccc3)c3ccc4c(c3)sc3c5sc6cc(N(c7ccccc7)c7ccc(-c8ccccc8)cc7)ccc6c5c5ccccc5c43)CC2)=C1. The Bertz CT molecular complexity index is 3440. The molecule has 2 aromatic heterocycles. The smallest absolute Gasteiger partial charge is 0.0540 e. The summed E-state index contributed by atoms with van der Waals surface area (Å²) in [7, 11) is 0. The Labute approximate surface area is 369 Å². The van der Waals surface area contributed by atoms with E-state index in [-0.39, 0.29) is 0 Å². The lowest BCUT2D eigenvalue weighted by atomic mass is 9.90. The van der Waals surface area contributed by atoms with Gasteiger partial charge in [0.15, 0.2) is 0 Å². The maximum absolute atomic E-state index is 2.48. The van der Waals surface area contributed by atoms with Gasteiger partial charge in [-0.05, 0) is 125 Å². The zero-order valence-corrected chi connectivity index (χ0v) is 35.8. The van der Waals surface area contributed by atoms with Crippen LogP contribution < -0.4 is 9.80 Å². The normalized spacial score (nSPS) is 14.1. The highest BCUT2D eigenvalue weighted by Gasteiger charge is 2.23. The van der Waals surface area contributed by atoms with Crippen LogP contribution in [-0.2, 0) is 0 Å². The fourth-order valence-electron chi connectivity index (χ4n) is 9.69. The second-order valence-corrected chi connectivity index (χ2v) is 18.4. The van der Waals surface area contributed by atoms with Crippen LogP contribution in [0.1, 0.15) is 25.7 Å². The molecule has 0 saturated heterocycles. The molecule has 2 aliphatic rings. The van der Waals surface area contributed by atoms with Crippen molar-refractivity contribution >= 4 is 102 Å². The largest absolute Gasteiger partial charge is 0.314 e. The van der Waals surface area contributed by atoms with Gasteiger partial charge < -0.3 is 9.80 Å². The summed E-state index contributed by atoms with van der Waals surface area (Å²) in [6.45, 7) is 0. The molecule has 0 bridgehead atoms. The first-order chi connectivity index (χ1) is 30.7. The van der Waals surface area contributed by atoms with E-state index in [0.29, 0.717) is 0 Å². The van der Waals surface area contributed by atoms with E-state index in [1.54, 1.807) is 0 Å². The van der Waals surface area contributed by atoms with Crippen LogP contribution in [0.2, 0.25) is 0 Å². The summed E-state index contributed by atoms with van der Waals surface area (Å²) in [6.07, 6.45) is 15.9. The molecule has 0 N–H and O–H groups in total. The van der Waals surface area contributed by atoms with Gasteiger partial charge in [0, 0.05) is 65.1 Å². The average Bonchev–Trinajstić information content (AvgIpc) is 3.93. The zero-order valence-electron chi connectivity index (χ0n) is 34.2. The molecule has 8 aromatic carbocycles. The van der Waals surface area contributed by atoms with Crippen molar-refractivity contribution in [3.05, 3.63) is 223 Å². The summed E-state index contributed by atoms with van der Waals surface area (Å²) >= 11 is 3.88. The van der Waals surface area contributed by atoms with E-state index in [9.17, 15) is 0 Å². The molecule has 4 heteroatoms. The minimum atomic E-state index is 1.00. The Morgan fingerprint density at radius 1 is 0.371 bits per heavy atom. The highest BCUT2D eigenvalue weighted by Crippen LogP contribution is 2.51. The molecule has 2 aliphatic carbocycles. The van der Waals surface area contributed by atoms with Crippen molar-refractivity contribution in [3.8, 4) is 11.1 Å². The van der Waals surface area contributed by atoms with Crippen molar-refractivity contribution in [2.75, 3.05) is 9.80 Å². The number of para-hydroxylation sites is 2. The lowest BCUT2D eigenvalue weighted by molar-refractivity contribution is 0.851. The first kappa shape index (κ1) is 36.8. The van der Waals surface area contributed by atoms with Gasteiger partial charge in [0.25, 0.3) is 0 Å². The first-order valence-electron chi connectivity index (χ1n) is 21.6. The molecular weight excluding hydrogens is 789 g/mol. The summed E-state index contributed by atoms with van der Waals surface area (Å²) in [5.74, 6) is 0. The van der Waals surface area contributed by atoms with Gasteiger partial charge in [0.2, 0.25) is 0 Å². The summed E-state index contributed by atoms with van der Waals surface area (Å²) < 4.78 is 5.35. The lowest BCUT2D eigenvalue weighted by Gasteiger charge is -2.30. The van der Waals surface area contributed by atoms with Crippen LogP contribution in [-0.4, -0.2) is 0 Å². The number of anilines is 5. The van der Waals surface area contributed by atoms with E-state index >= 15 is 0 Å². The quantitative estimate of drug-likeness (QED) is 0.151. The number of benzene rings is 8.